The maximum absolute atomic E-state index is 11.5. The third kappa shape index (κ3) is 51.6. The standard InChI is InChI=1S/C9H16O3.C4H5F5.CH3F.4CH4/c1-4-8(3)11-6-7-12-9(10)5-2;1-3(5,6)2-4(7,8)9;1-2;;;;/h5,8H,2,4,6-7H2,1,3H3;2H2,1H3;1H3;4*1H4. The number of rotatable bonds is 7. The van der Waals surface area contributed by atoms with Crippen molar-refractivity contribution in [2.24, 2.45) is 0 Å². The second kappa shape index (κ2) is 24.8. The molecule has 3 nitrogen and oxygen atoms in total. The van der Waals surface area contributed by atoms with Crippen molar-refractivity contribution in [1.82, 2.24) is 0 Å². The first-order chi connectivity index (χ1) is 10.4. The zero-order valence-corrected chi connectivity index (χ0v) is 13.7. The van der Waals surface area contributed by atoms with E-state index in [1.807, 2.05) is 13.8 Å². The van der Waals surface area contributed by atoms with Crippen LogP contribution in [-0.4, -0.2) is 44.6 Å². The van der Waals surface area contributed by atoms with Crippen molar-refractivity contribution in [3.8, 4) is 0 Å². The van der Waals surface area contributed by atoms with Crippen molar-refractivity contribution in [3.63, 3.8) is 0 Å². The Kier molecular flexibility index (Phi) is 41.1. The molecule has 0 aliphatic carbocycles. The Morgan fingerprint density at radius 3 is 1.67 bits per heavy atom. The van der Waals surface area contributed by atoms with E-state index in [0.29, 0.717) is 20.4 Å². The van der Waals surface area contributed by atoms with Crippen LogP contribution in [0.3, 0.4) is 0 Å². The molecule has 1 unspecified atom stereocenters. The summed E-state index contributed by atoms with van der Waals surface area (Å²) in [6, 6.07) is 0. The Labute approximate surface area is 162 Å². The predicted octanol–water partition coefficient (Wildman–Crippen LogP) is 7.25. The Balaban J connectivity index is -0.0000000487. The fourth-order valence-electron chi connectivity index (χ4n) is 0.920. The van der Waals surface area contributed by atoms with Crippen LogP contribution in [0.15, 0.2) is 12.7 Å². The molecule has 27 heavy (non-hydrogen) atoms. The second-order valence-electron chi connectivity index (χ2n) is 4.32. The lowest BCUT2D eigenvalue weighted by atomic mass is 10.3. The van der Waals surface area contributed by atoms with Gasteiger partial charge < -0.3 is 9.47 Å². The summed E-state index contributed by atoms with van der Waals surface area (Å²) in [6.07, 6.45) is -4.47. The lowest BCUT2D eigenvalue weighted by Gasteiger charge is -2.11. The minimum atomic E-state index is -4.77. The molecule has 172 valence electrons. The van der Waals surface area contributed by atoms with Crippen LogP contribution in [0, 0.1) is 0 Å². The zero-order valence-electron chi connectivity index (χ0n) is 13.7. The maximum atomic E-state index is 11.5. The van der Waals surface area contributed by atoms with Crippen molar-refractivity contribution < 1.29 is 40.6 Å². The normalized spacial score (nSPS) is 10.3. The van der Waals surface area contributed by atoms with E-state index in [1.165, 1.54) is 0 Å². The van der Waals surface area contributed by atoms with Crippen molar-refractivity contribution in [1.29, 1.82) is 0 Å². The quantitative estimate of drug-likeness (QED) is 0.189. The fourth-order valence-corrected chi connectivity index (χ4v) is 0.920. The SMILES string of the molecule is C.C.C.C.C=CC(=O)OCCOC(C)CC.CC(F)(F)CC(F)(F)F.CF. The first-order valence-corrected chi connectivity index (χ1v) is 6.64. The van der Waals surface area contributed by atoms with E-state index >= 15 is 0 Å². The van der Waals surface area contributed by atoms with Gasteiger partial charge in [0.1, 0.15) is 13.0 Å². The highest BCUT2D eigenvalue weighted by atomic mass is 19.4. The molecule has 0 saturated heterocycles. The summed E-state index contributed by atoms with van der Waals surface area (Å²) in [5.41, 5.74) is 0. The summed E-state index contributed by atoms with van der Waals surface area (Å²) in [5.74, 6) is -4.04. The van der Waals surface area contributed by atoms with Gasteiger partial charge in [0.05, 0.1) is 19.9 Å². The molecule has 0 bridgehead atoms. The second-order valence-corrected chi connectivity index (χ2v) is 4.32. The number of carbonyl (C=O) groups is 1. The maximum Gasteiger partial charge on any atom is 0.394 e. The van der Waals surface area contributed by atoms with Crippen LogP contribution in [0.2, 0.25) is 0 Å². The monoisotopic (exact) mass is 418 g/mol. The lowest BCUT2D eigenvalue weighted by Crippen LogP contribution is -2.21. The van der Waals surface area contributed by atoms with Crippen LogP contribution in [0.5, 0.6) is 0 Å². The number of hydrogen-bond donors (Lipinski definition) is 0. The molecular formula is C18H40F6O3. The minimum absolute atomic E-state index is 0. The van der Waals surface area contributed by atoms with Crippen LogP contribution >= 0.6 is 0 Å². The lowest BCUT2D eigenvalue weighted by molar-refractivity contribution is -0.182. The first kappa shape index (κ1) is 44.9. The third-order valence-electron chi connectivity index (χ3n) is 1.98. The number of ether oxygens (including phenoxy) is 2. The van der Waals surface area contributed by atoms with Gasteiger partial charge in [-0.05, 0) is 20.3 Å². The Morgan fingerprint density at radius 1 is 1.04 bits per heavy atom. The Bertz CT molecular complexity index is 290. The van der Waals surface area contributed by atoms with Crippen molar-refractivity contribution in [3.05, 3.63) is 12.7 Å². The summed E-state index contributed by atoms with van der Waals surface area (Å²) in [6.45, 7) is 8.29. The van der Waals surface area contributed by atoms with E-state index in [4.69, 9.17) is 9.47 Å². The Hall–Kier alpha value is -1.25. The van der Waals surface area contributed by atoms with E-state index in [-0.39, 0.29) is 42.7 Å². The molecule has 0 radical (unpaired) electrons. The van der Waals surface area contributed by atoms with Crippen molar-refractivity contribution in [2.75, 3.05) is 20.4 Å². The molecule has 0 amide bonds. The van der Waals surface area contributed by atoms with E-state index in [9.17, 15) is 31.1 Å². The molecule has 0 aromatic heterocycles. The molecule has 0 rings (SSSR count). The van der Waals surface area contributed by atoms with Gasteiger partial charge in [-0.15, -0.1) is 0 Å². The average molecular weight is 419 g/mol. The highest BCUT2D eigenvalue weighted by Gasteiger charge is 2.39. The summed E-state index contributed by atoms with van der Waals surface area (Å²) >= 11 is 0. The molecule has 1 atom stereocenters. The van der Waals surface area contributed by atoms with Crippen LogP contribution in [0.1, 0.15) is 63.3 Å². The zero-order chi connectivity index (χ0) is 19.1. The van der Waals surface area contributed by atoms with Crippen LogP contribution in [-0.2, 0) is 14.3 Å². The topological polar surface area (TPSA) is 35.5 Å². The van der Waals surface area contributed by atoms with Crippen LogP contribution < -0.4 is 0 Å². The van der Waals surface area contributed by atoms with E-state index in [2.05, 4.69) is 6.58 Å². The van der Waals surface area contributed by atoms with Crippen LogP contribution in [0.25, 0.3) is 0 Å². The summed E-state index contributed by atoms with van der Waals surface area (Å²) in [7, 11) is 0.500. The van der Waals surface area contributed by atoms with Crippen molar-refractivity contribution in [2.45, 2.75) is 81.5 Å². The van der Waals surface area contributed by atoms with E-state index in [1.54, 1.807) is 0 Å². The molecule has 0 aromatic rings. The molecular weight excluding hydrogens is 378 g/mol. The third-order valence-corrected chi connectivity index (χ3v) is 1.98. The van der Waals surface area contributed by atoms with Crippen LogP contribution in [0.4, 0.5) is 26.3 Å². The molecule has 0 heterocycles. The molecule has 0 fully saturated rings. The van der Waals surface area contributed by atoms with Gasteiger partial charge in [-0.3, -0.25) is 4.39 Å². The van der Waals surface area contributed by atoms with Crippen molar-refractivity contribution >= 4 is 5.97 Å². The molecule has 9 heteroatoms. The molecule has 0 spiro atoms. The van der Waals surface area contributed by atoms with Gasteiger partial charge in [-0.2, -0.15) is 13.2 Å². The summed E-state index contributed by atoms with van der Waals surface area (Å²) in [4.78, 5) is 10.5. The number of halogens is 6. The van der Waals surface area contributed by atoms with Gasteiger partial charge in [-0.25, -0.2) is 13.6 Å². The minimum Gasteiger partial charge on any atom is -0.460 e. The smallest absolute Gasteiger partial charge is 0.394 e. The largest absolute Gasteiger partial charge is 0.460 e. The van der Waals surface area contributed by atoms with Gasteiger partial charge in [-0.1, -0.05) is 43.2 Å². The van der Waals surface area contributed by atoms with Gasteiger partial charge in [0, 0.05) is 6.08 Å². The number of hydrogen-bond acceptors (Lipinski definition) is 3. The summed E-state index contributed by atoms with van der Waals surface area (Å²) < 4.78 is 75.7. The number of alkyl halides is 6. The highest BCUT2D eigenvalue weighted by molar-refractivity contribution is 5.81. The first-order valence-electron chi connectivity index (χ1n) is 6.64. The number of carbonyl (C=O) groups excluding carboxylic acids is 1. The van der Waals surface area contributed by atoms with Gasteiger partial charge in [0.25, 0.3) is 5.92 Å². The average Bonchev–Trinajstić information content (AvgIpc) is 2.41. The van der Waals surface area contributed by atoms with E-state index < -0.39 is 24.5 Å². The fraction of sp³-hybridized carbons (Fsp3) is 0.833. The summed E-state index contributed by atoms with van der Waals surface area (Å²) in [5, 5.41) is 0. The molecule has 0 aliphatic heterocycles. The van der Waals surface area contributed by atoms with E-state index in [0.717, 1.165) is 12.5 Å². The molecule has 0 saturated carbocycles. The molecule has 0 N–H and O–H groups in total. The Morgan fingerprint density at radius 2 is 1.44 bits per heavy atom. The highest BCUT2D eigenvalue weighted by Crippen LogP contribution is 2.30. The van der Waals surface area contributed by atoms with Gasteiger partial charge in [0.15, 0.2) is 0 Å². The predicted molar refractivity (Wildman–Crippen MR) is 102 cm³/mol. The molecule has 0 aromatic carbocycles. The number of esters is 1. The molecule has 0 aliphatic rings. The van der Waals surface area contributed by atoms with Gasteiger partial charge >= 0.3 is 12.1 Å². The van der Waals surface area contributed by atoms with Gasteiger partial charge in [0.2, 0.25) is 0 Å².